The van der Waals surface area contributed by atoms with Gasteiger partial charge >= 0.3 is 6.18 Å². The predicted molar refractivity (Wildman–Crippen MR) is 109 cm³/mol. The molecule has 0 unspecified atom stereocenters. The highest BCUT2D eigenvalue weighted by Crippen LogP contribution is 2.35. The fraction of sp³-hybridized carbons (Fsp3) is 0.0476. The first kappa shape index (κ1) is 20.7. The van der Waals surface area contributed by atoms with Crippen LogP contribution in [-0.4, -0.2) is 10.9 Å². The molecule has 10 heteroatoms. The van der Waals surface area contributed by atoms with Gasteiger partial charge < -0.3 is 11.1 Å². The Balaban J connectivity index is 1.63. The van der Waals surface area contributed by atoms with Crippen molar-refractivity contribution in [3.63, 3.8) is 0 Å². The fourth-order valence-electron chi connectivity index (χ4n) is 2.94. The Morgan fingerprint density at radius 1 is 1.00 bits per heavy atom. The first-order chi connectivity index (χ1) is 14.6. The van der Waals surface area contributed by atoms with Gasteiger partial charge in [-0.15, -0.1) is 11.3 Å². The second-order valence-electron chi connectivity index (χ2n) is 6.55. The zero-order valence-corrected chi connectivity index (χ0v) is 16.2. The van der Waals surface area contributed by atoms with Gasteiger partial charge in [0.2, 0.25) is 0 Å². The van der Waals surface area contributed by atoms with Crippen molar-refractivity contribution in [2.75, 3.05) is 11.1 Å². The number of fused-ring (bicyclic) bond motifs is 1. The maximum Gasteiger partial charge on any atom is 0.416 e. The maximum atomic E-state index is 14.1. The molecule has 0 atom stereocenters. The van der Waals surface area contributed by atoms with E-state index in [1.807, 2.05) is 0 Å². The molecule has 0 bridgehead atoms. The minimum Gasteiger partial charge on any atom is -0.397 e. The zero-order valence-electron chi connectivity index (χ0n) is 15.4. The molecule has 4 aromatic rings. The molecule has 4 nitrogen and oxygen atoms in total. The fourth-order valence-corrected chi connectivity index (χ4v) is 3.93. The Morgan fingerprint density at radius 3 is 2.35 bits per heavy atom. The number of rotatable bonds is 3. The standard InChI is InChI=1S/C21H12F5N3OS/c22-11-3-6-13(15(23)9-11)16-8-7-14-17(27)18(31-20(14)29-16)19(30)28-12-4-1-10(2-5-12)21(24,25)26/h1-9H,27H2,(H,28,30). The minimum absolute atomic E-state index is 0.0889. The highest BCUT2D eigenvalue weighted by atomic mass is 32.1. The summed E-state index contributed by atoms with van der Waals surface area (Å²) in [5, 5.41) is 2.96. The van der Waals surface area contributed by atoms with Crippen LogP contribution in [0.15, 0.2) is 54.6 Å². The third kappa shape index (κ3) is 4.06. The van der Waals surface area contributed by atoms with Crippen LogP contribution in [0, 0.1) is 11.6 Å². The van der Waals surface area contributed by atoms with Crippen LogP contribution in [0.5, 0.6) is 0 Å². The molecule has 3 N–H and O–H groups in total. The Morgan fingerprint density at radius 2 is 1.71 bits per heavy atom. The molecule has 0 spiro atoms. The molecular formula is C21H12F5N3OS. The topological polar surface area (TPSA) is 68.0 Å². The summed E-state index contributed by atoms with van der Waals surface area (Å²) in [6.45, 7) is 0. The summed E-state index contributed by atoms with van der Waals surface area (Å²) in [7, 11) is 0. The van der Waals surface area contributed by atoms with Gasteiger partial charge in [0.1, 0.15) is 21.3 Å². The van der Waals surface area contributed by atoms with E-state index in [4.69, 9.17) is 5.73 Å². The van der Waals surface area contributed by atoms with E-state index in [0.29, 0.717) is 10.2 Å². The van der Waals surface area contributed by atoms with E-state index in [2.05, 4.69) is 10.3 Å². The molecular weight excluding hydrogens is 437 g/mol. The predicted octanol–water partition coefficient (Wildman–Crippen LogP) is 6.09. The molecule has 31 heavy (non-hydrogen) atoms. The average molecular weight is 449 g/mol. The number of nitrogens with zero attached hydrogens (tertiary/aromatic N) is 1. The molecule has 1 amide bonds. The van der Waals surface area contributed by atoms with Gasteiger partial charge in [0.05, 0.1) is 16.9 Å². The van der Waals surface area contributed by atoms with Gasteiger partial charge in [-0.3, -0.25) is 4.79 Å². The molecule has 0 aliphatic carbocycles. The van der Waals surface area contributed by atoms with Crippen LogP contribution in [0.2, 0.25) is 0 Å². The smallest absolute Gasteiger partial charge is 0.397 e. The Hall–Kier alpha value is -3.53. The highest BCUT2D eigenvalue weighted by molar-refractivity contribution is 7.21. The van der Waals surface area contributed by atoms with Crippen molar-refractivity contribution in [2.24, 2.45) is 0 Å². The van der Waals surface area contributed by atoms with Crippen molar-refractivity contribution in [3.05, 3.63) is 76.7 Å². The number of benzene rings is 2. The quantitative estimate of drug-likeness (QED) is 0.372. The lowest BCUT2D eigenvalue weighted by Gasteiger charge is -2.08. The summed E-state index contributed by atoms with van der Waals surface area (Å²) in [5.74, 6) is -2.11. The number of thiophene rings is 1. The molecule has 0 fully saturated rings. The van der Waals surface area contributed by atoms with Gasteiger partial charge in [-0.25, -0.2) is 13.8 Å². The summed E-state index contributed by atoms with van der Waals surface area (Å²) in [6.07, 6.45) is -4.48. The highest BCUT2D eigenvalue weighted by Gasteiger charge is 2.30. The third-order valence-electron chi connectivity index (χ3n) is 4.48. The monoisotopic (exact) mass is 449 g/mol. The molecule has 0 aliphatic heterocycles. The SMILES string of the molecule is Nc1c(C(=O)Nc2ccc(C(F)(F)F)cc2)sc2nc(-c3ccc(F)cc3F)ccc12. The molecule has 0 saturated carbocycles. The van der Waals surface area contributed by atoms with E-state index in [1.165, 1.54) is 12.1 Å². The number of aromatic nitrogens is 1. The van der Waals surface area contributed by atoms with Gasteiger partial charge in [0.15, 0.2) is 0 Å². The molecule has 4 rings (SSSR count). The number of nitrogen functional groups attached to an aromatic ring is 1. The normalized spacial score (nSPS) is 11.6. The van der Waals surface area contributed by atoms with E-state index in [1.54, 1.807) is 6.07 Å². The lowest BCUT2D eigenvalue weighted by Crippen LogP contribution is -2.12. The molecule has 0 radical (unpaired) electrons. The van der Waals surface area contributed by atoms with Crippen molar-refractivity contribution in [2.45, 2.75) is 6.18 Å². The first-order valence-corrected chi connectivity index (χ1v) is 9.58. The number of carbonyl (C=O) groups is 1. The van der Waals surface area contributed by atoms with Crippen LogP contribution >= 0.6 is 11.3 Å². The lowest BCUT2D eigenvalue weighted by molar-refractivity contribution is -0.137. The van der Waals surface area contributed by atoms with E-state index < -0.39 is 29.3 Å². The number of nitrogens with one attached hydrogen (secondary N) is 1. The van der Waals surface area contributed by atoms with E-state index in [0.717, 1.165) is 47.7 Å². The number of halogens is 5. The lowest BCUT2D eigenvalue weighted by atomic mass is 10.1. The van der Waals surface area contributed by atoms with Crippen molar-refractivity contribution in [3.8, 4) is 11.3 Å². The zero-order chi connectivity index (χ0) is 22.3. The van der Waals surface area contributed by atoms with Crippen LogP contribution in [-0.2, 0) is 6.18 Å². The molecule has 2 aromatic heterocycles. The minimum atomic E-state index is -4.48. The van der Waals surface area contributed by atoms with E-state index >= 15 is 0 Å². The molecule has 2 aromatic carbocycles. The number of hydrogen-bond acceptors (Lipinski definition) is 4. The second-order valence-corrected chi connectivity index (χ2v) is 7.55. The van der Waals surface area contributed by atoms with Crippen LogP contribution in [0.3, 0.4) is 0 Å². The van der Waals surface area contributed by atoms with Crippen LogP contribution in [0.1, 0.15) is 15.2 Å². The summed E-state index contributed by atoms with van der Waals surface area (Å²) in [5.41, 5.74) is 5.85. The van der Waals surface area contributed by atoms with E-state index in [9.17, 15) is 26.7 Å². The van der Waals surface area contributed by atoms with Gasteiger partial charge in [-0.1, -0.05) is 0 Å². The molecule has 2 heterocycles. The number of alkyl halides is 3. The molecule has 0 saturated heterocycles. The van der Waals surface area contributed by atoms with Gasteiger partial charge in [-0.05, 0) is 48.5 Å². The molecule has 0 aliphatic rings. The largest absolute Gasteiger partial charge is 0.416 e. The number of pyridine rings is 1. The van der Waals surface area contributed by atoms with E-state index in [-0.39, 0.29) is 27.5 Å². The van der Waals surface area contributed by atoms with Crippen LogP contribution < -0.4 is 11.1 Å². The first-order valence-electron chi connectivity index (χ1n) is 8.76. The number of carbonyl (C=O) groups excluding carboxylic acids is 1. The second kappa shape index (κ2) is 7.62. The number of amides is 1. The number of nitrogens with two attached hydrogens (primary N) is 1. The number of anilines is 2. The maximum absolute atomic E-state index is 14.1. The summed E-state index contributed by atoms with van der Waals surface area (Å²) in [6, 6.07) is 10.2. The summed E-state index contributed by atoms with van der Waals surface area (Å²) >= 11 is 0.952. The Kier molecular flexibility index (Phi) is 5.10. The third-order valence-corrected chi connectivity index (χ3v) is 5.59. The van der Waals surface area contributed by atoms with Crippen molar-refractivity contribution in [1.29, 1.82) is 0 Å². The van der Waals surface area contributed by atoms with Crippen LogP contribution in [0.25, 0.3) is 21.5 Å². The Labute approximate surface area is 176 Å². The van der Waals surface area contributed by atoms with Crippen molar-refractivity contribution < 1.29 is 26.7 Å². The van der Waals surface area contributed by atoms with Crippen LogP contribution in [0.4, 0.5) is 33.3 Å². The van der Waals surface area contributed by atoms with Gasteiger partial charge in [-0.2, -0.15) is 13.2 Å². The average Bonchev–Trinajstić information content (AvgIpc) is 3.04. The molecule has 158 valence electrons. The Bertz CT molecular complexity index is 1300. The summed E-state index contributed by atoms with van der Waals surface area (Å²) < 4.78 is 65.2. The summed E-state index contributed by atoms with van der Waals surface area (Å²) in [4.78, 5) is 17.4. The van der Waals surface area contributed by atoms with Gasteiger partial charge in [0, 0.05) is 22.7 Å². The van der Waals surface area contributed by atoms with Gasteiger partial charge in [0.25, 0.3) is 5.91 Å². The van der Waals surface area contributed by atoms with Crippen molar-refractivity contribution >= 4 is 38.8 Å². The number of hydrogen-bond donors (Lipinski definition) is 2. The van der Waals surface area contributed by atoms with Crippen molar-refractivity contribution in [1.82, 2.24) is 4.98 Å².